The van der Waals surface area contributed by atoms with Gasteiger partial charge in [-0.1, -0.05) is 18.2 Å². The lowest BCUT2D eigenvalue weighted by molar-refractivity contribution is 0.0986. The first-order chi connectivity index (χ1) is 14.9. The Kier molecular flexibility index (Phi) is 7.38. The summed E-state index contributed by atoms with van der Waals surface area (Å²) in [7, 11) is -2.20. The first-order valence-corrected chi connectivity index (χ1v) is 11.2. The van der Waals surface area contributed by atoms with Gasteiger partial charge in [-0.2, -0.15) is 0 Å². The van der Waals surface area contributed by atoms with Crippen LogP contribution in [0.4, 0.5) is 10.1 Å². The SMILES string of the molecule is COc1ccc(C(=O)N(CCCNS(=O)(=O)c2ccc(F)cc2)c2ccccc2)cc1. The molecule has 0 saturated carbocycles. The first kappa shape index (κ1) is 22.5. The van der Waals surface area contributed by atoms with Crippen LogP contribution in [0.15, 0.2) is 83.8 Å². The van der Waals surface area contributed by atoms with Gasteiger partial charge >= 0.3 is 0 Å². The lowest BCUT2D eigenvalue weighted by Gasteiger charge is -2.23. The fraction of sp³-hybridized carbons (Fsp3) is 0.174. The molecule has 0 spiro atoms. The van der Waals surface area contributed by atoms with Crippen molar-refractivity contribution < 1.29 is 22.3 Å². The second-order valence-electron chi connectivity index (χ2n) is 6.73. The molecule has 0 atom stereocenters. The highest BCUT2D eigenvalue weighted by Crippen LogP contribution is 2.19. The third kappa shape index (κ3) is 5.90. The molecule has 1 amide bonds. The zero-order chi connectivity index (χ0) is 22.3. The summed E-state index contributed by atoms with van der Waals surface area (Å²) in [5.41, 5.74) is 1.21. The molecule has 3 aromatic rings. The summed E-state index contributed by atoms with van der Waals surface area (Å²) in [4.78, 5) is 14.7. The number of carbonyl (C=O) groups is 1. The van der Waals surface area contributed by atoms with Crippen LogP contribution in [0.2, 0.25) is 0 Å². The molecule has 31 heavy (non-hydrogen) atoms. The number of halogens is 1. The van der Waals surface area contributed by atoms with Crippen LogP contribution in [0.3, 0.4) is 0 Å². The summed E-state index contributed by atoms with van der Waals surface area (Å²) in [6.07, 6.45) is 0.386. The Bertz CT molecular complexity index is 1100. The van der Waals surface area contributed by atoms with Crippen molar-refractivity contribution in [2.45, 2.75) is 11.3 Å². The fourth-order valence-corrected chi connectivity index (χ4v) is 4.06. The standard InChI is InChI=1S/C23H23FN2O4S/c1-30-21-12-8-18(9-13-21)23(27)26(20-6-3-2-4-7-20)17-5-16-25-31(28,29)22-14-10-19(24)11-15-22/h2-4,6-15,25H,5,16-17H2,1H3. The van der Waals surface area contributed by atoms with Crippen molar-refractivity contribution in [3.63, 3.8) is 0 Å². The number of carbonyl (C=O) groups excluding carboxylic acids is 1. The maximum atomic E-state index is 13.1. The van der Waals surface area contributed by atoms with Crippen molar-refractivity contribution in [1.82, 2.24) is 4.72 Å². The summed E-state index contributed by atoms with van der Waals surface area (Å²) >= 11 is 0. The van der Waals surface area contributed by atoms with Gasteiger partial charge in [-0.25, -0.2) is 17.5 Å². The highest BCUT2D eigenvalue weighted by molar-refractivity contribution is 7.89. The van der Waals surface area contributed by atoms with Crippen LogP contribution in [0, 0.1) is 5.82 Å². The molecule has 0 heterocycles. The molecule has 0 saturated heterocycles. The third-order valence-corrected chi connectivity index (χ3v) is 6.10. The van der Waals surface area contributed by atoms with Gasteiger partial charge in [0.1, 0.15) is 11.6 Å². The molecule has 6 nitrogen and oxygen atoms in total. The van der Waals surface area contributed by atoms with Crippen LogP contribution in [0.1, 0.15) is 16.8 Å². The predicted octanol–water partition coefficient (Wildman–Crippen LogP) is 3.85. The molecule has 3 rings (SSSR count). The number of sulfonamides is 1. The van der Waals surface area contributed by atoms with Crippen LogP contribution in [-0.4, -0.2) is 34.5 Å². The van der Waals surface area contributed by atoms with Crippen molar-refractivity contribution in [3.05, 3.63) is 90.2 Å². The molecule has 0 aliphatic heterocycles. The maximum absolute atomic E-state index is 13.1. The van der Waals surface area contributed by atoms with Gasteiger partial charge in [-0.3, -0.25) is 4.79 Å². The number of ether oxygens (including phenoxy) is 1. The summed E-state index contributed by atoms with van der Waals surface area (Å²) in [5, 5.41) is 0. The van der Waals surface area contributed by atoms with E-state index in [1.165, 1.54) is 12.1 Å². The number of nitrogens with zero attached hydrogens (tertiary/aromatic N) is 1. The Morgan fingerprint density at radius 3 is 2.23 bits per heavy atom. The van der Waals surface area contributed by atoms with E-state index in [9.17, 15) is 17.6 Å². The Hall–Kier alpha value is -3.23. The zero-order valence-corrected chi connectivity index (χ0v) is 17.8. The number of nitrogens with one attached hydrogen (secondary N) is 1. The van der Waals surface area contributed by atoms with Gasteiger partial charge in [-0.15, -0.1) is 0 Å². The minimum Gasteiger partial charge on any atom is -0.497 e. The topological polar surface area (TPSA) is 75.7 Å². The fourth-order valence-electron chi connectivity index (χ4n) is 2.99. The highest BCUT2D eigenvalue weighted by Gasteiger charge is 2.18. The van der Waals surface area contributed by atoms with Crippen molar-refractivity contribution >= 4 is 21.6 Å². The molecule has 0 radical (unpaired) electrons. The summed E-state index contributed by atoms with van der Waals surface area (Å²) < 4.78 is 45.4. The lowest BCUT2D eigenvalue weighted by atomic mass is 10.1. The molecular weight excluding hydrogens is 419 g/mol. The van der Waals surface area contributed by atoms with E-state index < -0.39 is 15.8 Å². The summed E-state index contributed by atoms with van der Waals surface area (Å²) in [6.45, 7) is 0.430. The van der Waals surface area contributed by atoms with Crippen molar-refractivity contribution in [3.8, 4) is 5.75 Å². The number of anilines is 1. The van der Waals surface area contributed by atoms with E-state index in [1.807, 2.05) is 30.3 Å². The molecule has 0 unspecified atom stereocenters. The Morgan fingerprint density at radius 2 is 1.61 bits per heavy atom. The van der Waals surface area contributed by atoms with Gasteiger partial charge in [0.25, 0.3) is 5.91 Å². The van der Waals surface area contributed by atoms with Crippen LogP contribution in [0.5, 0.6) is 5.75 Å². The quantitative estimate of drug-likeness (QED) is 0.511. The van der Waals surface area contributed by atoms with Gasteiger partial charge in [0.2, 0.25) is 10.0 Å². The van der Waals surface area contributed by atoms with E-state index in [0.717, 1.165) is 12.1 Å². The van der Waals surface area contributed by atoms with E-state index in [0.29, 0.717) is 30.0 Å². The minimum absolute atomic E-state index is 0.0110. The maximum Gasteiger partial charge on any atom is 0.258 e. The van der Waals surface area contributed by atoms with E-state index in [-0.39, 0.29) is 17.3 Å². The highest BCUT2D eigenvalue weighted by atomic mass is 32.2. The van der Waals surface area contributed by atoms with Gasteiger partial charge in [0.15, 0.2) is 0 Å². The molecular formula is C23H23FN2O4S. The normalized spacial score (nSPS) is 11.2. The molecule has 162 valence electrons. The van der Waals surface area contributed by atoms with E-state index in [1.54, 1.807) is 36.3 Å². The van der Waals surface area contributed by atoms with Gasteiger partial charge in [0, 0.05) is 24.3 Å². The van der Waals surface area contributed by atoms with Crippen molar-refractivity contribution in [2.75, 3.05) is 25.1 Å². The largest absolute Gasteiger partial charge is 0.497 e. The molecule has 0 aliphatic rings. The molecule has 0 bridgehead atoms. The molecule has 0 aliphatic carbocycles. The van der Waals surface area contributed by atoms with Crippen LogP contribution in [0.25, 0.3) is 0 Å². The Labute approximate surface area is 181 Å². The Balaban J connectivity index is 1.68. The molecule has 0 fully saturated rings. The molecule has 8 heteroatoms. The molecule has 0 aromatic heterocycles. The first-order valence-electron chi connectivity index (χ1n) is 9.67. The summed E-state index contributed by atoms with van der Waals surface area (Å²) in [5.74, 6) is -0.0530. The minimum atomic E-state index is -3.75. The molecule has 3 aromatic carbocycles. The van der Waals surface area contributed by atoms with Gasteiger partial charge < -0.3 is 9.64 Å². The number of hydrogen-bond donors (Lipinski definition) is 1. The van der Waals surface area contributed by atoms with Crippen molar-refractivity contribution in [2.24, 2.45) is 0 Å². The van der Waals surface area contributed by atoms with Crippen LogP contribution < -0.4 is 14.4 Å². The van der Waals surface area contributed by atoms with Crippen molar-refractivity contribution in [1.29, 1.82) is 0 Å². The van der Waals surface area contributed by atoms with E-state index in [4.69, 9.17) is 4.74 Å². The number of para-hydroxylation sites is 1. The second-order valence-corrected chi connectivity index (χ2v) is 8.49. The summed E-state index contributed by atoms with van der Waals surface area (Å²) in [6, 6.07) is 20.6. The van der Waals surface area contributed by atoms with Crippen LogP contribution >= 0.6 is 0 Å². The number of hydrogen-bond acceptors (Lipinski definition) is 4. The smallest absolute Gasteiger partial charge is 0.258 e. The number of rotatable bonds is 9. The molecule has 1 N–H and O–H groups in total. The van der Waals surface area contributed by atoms with E-state index in [2.05, 4.69) is 4.72 Å². The van der Waals surface area contributed by atoms with Gasteiger partial charge in [-0.05, 0) is 67.1 Å². The lowest BCUT2D eigenvalue weighted by Crippen LogP contribution is -2.34. The van der Waals surface area contributed by atoms with E-state index >= 15 is 0 Å². The monoisotopic (exact) mass is 442 g/mol. The van der Waals surface area contributed by atoms with Gasteiger partial charge in [0.05, 0.1) is 12.0 Å². The number of methoxy groups -OCH3 is 1. The average Bonchev–Trinajstić information content (AvgIpc) is 2.79. The predicted molar refractivity (Wildman–Crippen MR) is 117 cm³/mol. The number of benzene rings is 3. The Morgan fingerprint density at radius 1 is 0.968 bits per heavy atom. The van der Waals surface area contributed by atoms with Crippen LogP contribution in [-0.2, 0) is 10.0 Å². The second kappa shape index (κ2) is 10.2. The number of amides is 1. The zero-order valence-electron chi connectivity index (χ0n) is 17.0. The average molecular weight is 443 g/mol. The third-order valence-electron chi connectivity index (χ3n) is 4.62.